The van der Waals surface area contributed by atoms with E-state index >= 15 is 0 Å². The van der Waals surface area contributed by atoms with E-state index in [0.717, 1.165) is 34.4 Å². The normalized spacial score (nSPS) is 16.1. The zero-order chi connectivity index (χ0) is 23.6. The molecule has 0 unspecified atom stereocenters. The van der Waals surface area contributed by atoms with Gasteiger partial charge in [0.1, 0.15) is 11.2 Å². The van der Waals surface area contributed by atoms with Crippen molar-refractivity contribution in [1.82, 2.24) is 9.97 Å². The molecule has 2 heterocycles. The summed E-state index contributed by atoms with van der Waals surface area (Å²) in [5, 5.41) is 5.58. The van der Waals surface area contributed by atoms with Crippen LogP contribution in [0.15, 0.2) is 23.6 Å². The van der Waals surface area contributed by atoms with Crippen molar-refractivity contribution in [2.45, 2.75) is 46.5 Å². The maximum absolute atomic E-state index is 5.43. The predicted molar refractivity (Wildman–Crippen MR) is 134 cm³/mol. The number of fused-ring (bicyclic) bond motifs is 3. The molecule has 2 aromatic heterocycles. The van der Waals surface area contributed by atoms with Crippen LogP contribution in [0.4, 0.5) is 5.82 Å². The van der Waals surface area contributed by atoms with E-state index in [1.807, 2.05) is 12.1 Å². The molecule has 4 rings (SSSR count). The van der Waals surface area contributed by atoms with Crippen molar-refractivity contribution in [3.05, 3.63) is 34.5 Å². The Morgan fingerprint density at radius 2 is 1.88 bits per heavy atom. The van der Waals surface area contributed by atoms with Gasteiger partial charge in [0.15, 0.2) is 17.3 Å². The largest absolute Gasteiger partial charge is 0.493 e. The van der Waals surface area contributed by atoms with Gasteiger partial charge in [-0.25, -0.2) is 9.97 Å². The van der Waals surface area contributed by atoms with Gasteiger partial charge in [-0.05, 0) is 48.3 Å². The summed E-state index contributed by atoms with van der Waals surface area (Å²) in [7, 11) is 4.78. The fraction of sp³-hybridized carbons (Fsp3) is 0.480. The molecule has 0 aliphatic heterocycles. The van der Waals surface area contributed by atoms with Crippen LogP contribution in [0.3, 0.4) is 0 Å². The second-order valence-corrected chi connectivity index (χ2v) is 10.1. The highest BCUT2D eigenvalue weighted by atomic mass is 32.1. The number of benzene rings is 1. The maximum atomic E-state index is 5.43. The third kappa shape index (κ3) is 4.49. The Morgan fingerprint density at radius 3 is 2.52 bits per heavy atom. The van der Waals surface area contributed by atoms with Crippen molar-refractivity contribution in [2.75, 3.05) is 26.8 Å². The number of nitrogens with zero attached hydrogens (tertiary/aromatic N) is 3. The van der Waals surface area contributed by atoms with Crippen LogP contribution in [0.25, 0.3) is 10.2 Å². The van der Waals surface area contributed by atoms with Crippen molar-refractivity contribution in [3.8, 4) is 17.2 Å². The van der Waals surface area contributed by atoms with Gasteiger partial charge in [0.25, 0.3) is 0 Å². The monoisotopic (exact) mass is 468 g/mol. The summed E-state index contributed by atoms with van der Waals surface area (Å²) >= 11 is 1.79. The molecule has 1 aliphatic rings. The molecular formula is C25H32N4O3S. The zero-order valence-corrected chi connectivity index (χ0v) is 21.0. The Hall–Kier alpha value is -2.87. The molecule has 1 aliphatic carbocycles. The minimum Gasteiger partial charge on any atom is -0.493 e. The van der Waals surface area contributed by atoms with Gasteiger partial charge in [0, 0.05) is 10.4 Å². The third-order valence-electron chi connectivity index (χ3n) is 6.93. The Bertz CT molecular complexity index is 1150. The van der Waals surface area contributed by atoms with E-state index in [-0.39, 0.29) is 0 Å². The van der Waals surface area contributed by atoms with Crippen LogP contribution >= 0.6 is 11.3 Å². The van der Waals surface area contributed by atoms with Crippen molar-refractivity contribution >= 4 is 33.6 Å². The Morgan fingerprint density at radius 1 is 1.15 bits per heavy atom. The van der Waals surface area contributed by atoms with Crippen molar-refractivity contribution < 1.29 is 14.2 Å². The Balaban J connectivity index is 1.63. The first-order chi connectivity index (χ1) is 15.9. The van der Waals surface area contributed by atoms with E-state index in [4.69, 9.17) is 14.2 Å². The van der Waals surface area contributed by atoms with Gasteiger partial charge < -0.3 is 14.2 Å². The van der Waals surface area contributed by atoms with Gasteiger partial charge >= 0.3 is 0 Å². The molecule has 7 nitrogen and oxygen atoms in total. The van der Waals surface area contributed by atoms with Gasteiger partial charge in [0.05, 0.1) is 32.9 Å². The van der Waals surface area contributed by atoms with E-state index in [1.54, 1.807) is 45.2 Å². The maximum Gasteiger partial charge on any atom is 0.203 e. The zero-order valence-electron chi connectivity index (χ0n) is 20.2. The van der Waals surface area contributed by atoms with Gasteiger partial charge in [-0.2, -0.15) is 5.10 Å². The molecule has 8 heteroatoms. The van der Waals surface area contributed by atoms with E-state index in [9.17, 15) is 0 Å². The molecule has 1 atom stereocenters. The number of methoxy groups -OCH3 is 3. The second-order valence-electron chi connectivity index (χ2n) is 9.02. The van der Waals surface area contributed by atoms with Crippen LogP contribution in [0.1, 0.15) is 49.6 Å². The number of ether oxygens (including phenoxy) is 3. The topological polar surface area (TPSA) is 77.9 Å². The number of aryl methyl sites for hydroxylation is 1. The Labute approximate surface area is 199 Å². The van der Waals surface area contributed by atoms with Crippen molar-refractivity contribution in [2.24, 2.45) is 16.4 Å². The standard InChI is InChI=1S/C25H32N4O3S/c1-7-25(2,3)16-8-9-20-17(12-16)21-23(26-14-27-24(21)33-20)29-28-13-15-10-18(30-4)22(32-6)19(11-15)31-5/h10-11,13-14,16H,7-9,12H2,1-6H3,(H,26,27,29)/b28-13+/t16-/m0/s1. The minimum atomic E-state index is 0.319. The smallest absolute Gasteiger partial charge is 0.203 e. The highest BCUT2D eigenvalue weighted by molar-refractivity contribution is 7.19. The molecule has 0 radical (unpaired) electrons. The molecule has 0 fully saturated rings. The number of rotatable bonds is 8. The first-order valence-electron chi connectivity index (χ1n) is 11.3. The molecule has 3 aromatic rings. The van der Waals surface area contributed by atoms with E-state index < -0.39 is 0 Å². The third-order valence-corrected chi connectivity index (χ3v) is 8.13. The lowest BCUT2D eigenvalue weighted by Gasteiger charge is -2.36. The molecule has 0 bridgehead atoms. The summed E-state index contributed by atoms with van der Waals surface area (Å²) in [4.78, 5) is 11.5. The molecular weight excluding hydrogens is 436 g/mol. The van der Waals surface area contributed by atoms with E-state index in [1.165, 1.54) is 23.3 Å². The lowest BCUT2D eigenvalue weighted by molar-refractivity contribution is 0.184. The predicted octanol–water partition coefficient (Wildman–Crippen LogP) is 5.70. The van der Waals surface area contributed by atoms with Gasteiger partial charge in [-0.3, -0.25) is 5.43 Å². The van der Waals surface area contributed by atoms with Crippen LogP contribution in [0.5, 0.6) is 17.2 Å². The van der Waals surface area contributed by atoms with Gasteiger partial charge in [-0.1, -0.05) is 27.2 Å². The summed E-state index contributed by atoms with van der Waals surface area (Å²) < 4.78 is 16.3. The summed E-state index contributed by atoms with van der Waals surface area (Å²) in [5.41, 5.74) is 5.68. The molecule has 176 valence electrons. The SMILES string of the molecule is CCC(C)(C)[C@H]1CCc2sc3ncnc(N/N=C/c4cc(OC)c(OC)c(OC)c4)c3c2C1. The molecule has 0 saturated carbocycles. The highest BCUT2D eigenvalue weighted by Crippen LogP contribution is 2.45. The number of hydrazone groups is 1. The van der Waals surface area contributed by atoms with Crippen LogP contribution in [0, 0.1) is 11.3 Å². The molecule has 33 heavy (non-hydrogen) atoms. The van der Waals surface area contributed by atoms with Crippen molar-refractivity contribution in [1.29, 1.82) is 0 Å². The van der Waals surface area contributed by atoms with Gasteiger partial charge in [-0.15, -0.1) is 11.3 Å². The molecule has 1 N–H and O–H groups in total. The van der Waals surface area contributed by atoms with Crippen LogP contribution < -0.4 is 19.6 Å². The van der Waals surface area contributed by atoms with E-state index in [2.05, 4.69) is 41.3 Å². The van der Waals surface area contributed by atoms with Crippen LogP contribution in [-0.4, -0.2) is 37.5 Å². The number of nitrogens with one attached hydrogen (secondary N) is 1. The second kappa shape index (κ2) is 9.55. The lowest BCUT2D eigenvalue weighted by atomic mass is 9.69. The summed E-state index contributed by atoms with van der Waals surface area (Å²) in [6.45, 7) is 7.05. The first kappa shape index (κ1) is 23.3. The number of anilines is 1. The van der Waals surface area contributed by atoms with E-state index in [0.29, 0.717) is 28.6 Å². The number of hydrogen-bond donors (Lipinski definition) is 1. The van der Waals surface area contributed by atoms with Gasteiger partial charge in [0.2, 0.25) is 5.75 Å². The number of hydrogen-bond acceptors (Lipinski definition) is 8. The van der Waals surface area contributed by atoms with Crippen LogP contribution in [0.2, 0.25) is 0 Å². The van der Waals surface area contributed by atoms with Crippen molar-refractivity contribution in [3.63, 3.8) is 0 Å². The summed E-state index contributed by atoms with van der Waals surface area (Å²) in [6.07, 6.45) is 7.91. The Kier molecular flexibility index (Phi) is 6.74. The average Bonchev–Trinajstić information content (AvgIpc) is 3.22. The lowest BCUT2D eigenvalue weighted by Crippen LogP contribution is -2.28. The fourth-order valence-corrected chi connectivity index (χ4v) is 5.68. The number of aromatic nitrogens is 2. The number of thiophene rings is 1. The quantitative estimate of drug-likeness (QED) is 0.337. The van der Waals surface area contributed by atoms with Crippen LogP contribution in [-0.2, 0) is 12.8 Å². The minimum absolute atomic E-state index is 0.319. The average molecular weight is 469 g/mol. The molecule has 0 amide bonds. The fourth-order valence-electron chi connectivity index (χ4n) is 4.49. The summed E-state index contributed by atoms with van der Waals surface area (Å²) in [6, 6.07) is 3.71. The summed E-state index contributed by atoms with van der Waals surface area (Å²) in [5.74, 6) is 3.12. The molecule has 0 saturated heterocycles. The highest BCUT2D eigenvalue weighted by Gasteiger charge is 2.33. The first-order valence-corrected chi connectivity index (χ1v) is 12.1. The molecule has 1 aromatic carbocycles. The molecule has 0 spiro atoms.